The van der Waals surface area contributed by atoms with Crippen LogP contribution in [0.4, 0.5) is 13.2 Å². The van der Waals surface area contributed by atoms with Crippen molar-refractivity contribution in [1.82, 2.24) is 0 Å². The van der Waals surface area contributed by atoms with Gasteiger partial charge < -0.3 is 0 Å². The summed E-state index contributed by atoms with van der Waals surface area (Å²) >= 11 is 0. The fraction of sp³-hybridized carbons (Fsp3) is 0.500. The summed E-state index contributed by atoms with van der Waals surface area (Å²) in [6.45, 7) is 1.95. The molecule has 0 atom stereocenters. The minimum absolute atomic E-state index is 0.412. The van der Waals surface area contributed by atoms with Gasteiger partial charge in [-0.15, -0.1) is 0 Å². The van der Waals surface area contributed by atoms with Gasteiger partial charge in [0.05, 0.1) is 0 Å². The average molecular weight is 154 g/mol. The number of hydrogen-bond donors (Lipinski definition) is 0. The summed E-state index contributed by atoms with van der Waals surface area (Å²) in [5, 5.41) is 0. The number of allylic oxidation sites excluding steroid dienone is 1. The number of ketones is 1. The lowest BCUT2D eigenvalue weighted by Crippen LogP contribution is -1.87. The topological polar surface area (TPSA) is 17.1 Å². The first-order chi connectivity index (χ1) is 4.54. The van der Waals surface area contributed by atoms with Crippen LogP contribution in [-0.2, 0) is 4.79 Å². The molecule has 0 aromatic heterocycles. The molecule has 0 aliphatic rings. The zero-order valence-electron chi connectivity index (χ0n) is 5.66. The van der Waals surface area contributed by atoms with E-state index in [1.807, 2.05) is 0 Å². The number of carbonyl (C=O) groups is 1. The number of alkyl halides is 2. The largest absolute Gasteiger partial charge is 0.297 e. The average Bonchev–Trinajstić information content (AvgIpc) is 1.89. The zero-order chi connectivity index (χ0) is 8.57. The molecule has 0 rings (SSSR count). The summed E-state index contributed by atoms with van der Waals surface area (Å²) in [6.07, 6.45) is 0. The molecular weight excluding hydrogens is 145 g/mol. The first kappa shape index (κ1) is 11.9. The Hall–Kier alpha value is -0.800. The Balaban J connectivity index is 0. The molecule has 0 amide bonds. The van der Waals surface area contributed by atoms with Crippen LogP contribution in [0.25, 0.3) is 0 Å². The Labute approximate surface area is 57.5 Å². The van der Waals surface area contributed by atoms with Crippen LogP contribution >= 0.6 is 0 Å². The van der Waals surface area contributed by atoms with Gasteiger partial charge in [0.25, 0.3) is 0 Å². The molecule has 1 nitrogen and oxygen atoms in total. The summed E-state index contributed by atoms with van der Waals surface area (Å²) in [5.74, 6) is -1.32. The number of Topliss-reactive ketones (excluding diaryl/α,β-unsaturated/α-hetero) is 1. The fourth-order valence-electron chi connectivity index (χ4n) is 0. The molecule has 0 aromatic rings. The van der Waals surface area contributed by atoms with Gasteiger partial charge in [0.15, 0.2) is 5.78 Å². The highest BCUT2D eigenvalue weighted by Crippen LogP contribution is 1.87. The first-order valence-electron chi connectivity index (χ1n) is 2.49. The van der Waals surface area contributed by atoms with E-state index in [-0.39, 0.29) is 0 Å². The minimum Gasteiger partial charge on any atom is -0.297 e. The van der Waals surface area contributed by atoms with Gasteiger partial charge in [0.1, 0.15) is 19.2 Å². The van der Waals surface area contributed by atoms with Crippen molar-refractivity contribution in [3.8, 4) is 0 Å². The Morgan fingerprint density at radius 1 is 1.40 bits per heavy atom. The standard InChI is InChI=1S/C3H4F2.C3H5FO/c2*1-3(5)2-4/h1-2H2;2H2,1H3. The maximum absolute atomic E-state index is 10.9. The van der Waals surface area contributed by atoms with Crippen molar-refractivity contribution in [2.24, 2.45) is 0 Å². The summed E-state index contributed by atoms with van der Waals surface area (Å²) in [7, 11) is 0. The lowest BCUT2D eigenvalue weighted by Gasteiger charge is -1.71. The third-order valence-corrected chi connectivity index (χ3v) is 0.333. The summed E-state index contributed by atoms with van der Waals surface area (Å²) in [6, 6.07) is 0. The molecule has 0 saturated heterocycles. The van der Waals surface area contributed by atoms with Gasteiger partial charge in [0, 0.05) is 0 Å². The van der Waals surface area contributed by atoms with E-state index in [0.29, 0.717) is 0 Å². The molecule has 4 heteroatoms. The Kier molecular flexibility index (Phi) is 9.79. The van der Waals surface area contributed by atoms with Gasteiger partial charge in [-0.05, 0) is 6.92 Å². The van der Waals surface area contributed by atoms with Gasteiger partial charge in [0.2, 0.25) is 0 Å². The maximum atomic E-state index is 10.9. The van der Waals surface area contributed by atoms with Crippen molar-refractivity contribution in [3.05, 3.63) is 12.4 Å². The van der Waals surface area contributed by atoms with Crippen molar-refractivity contribution in [2.45, 2.75) is 6.92 Å². The first-order valence-corrected chi connectivity index (χ1v) is 2.49. The lowest BCUT2D eigenvalue weighted by molar-refractivity contribution is -0.117. The maximum Gasteiger partial charge on any atom is 0.160 e. The molecule has 0 aromatic carbocycles. The zero-order valence-corrected chi connectivity index (χ0v) is 5.66. The molecule has 0 saturated carbocycles. The molecular formula is C6H9F3O. The van der Waals surface area contributed by atoms with Crippen LogP contribution in [0, 0.1) is 0 Å². The second-order valence-corrected chi connectivity index (χ2v) is 1.49. The van der Waals surface area contributed by atoms with Crippen molar-refractivity contribution in [1.29, 1.82) is 0 Å². The monoisotopic (exact) mass is 154 g/mol. The van der Waals surface area contributed by atoms with Gasteiger partial charge in [-0.2, -0.15) is 0 Å². The Morgan fingerprint density at radius 3 is 1.60 bits per heavy atom. The van der Waals surface area contributed by atoms with E-state index in [4.69, 9.17) is 0 Å². The molecule has 0 unspecified atom stereocenters. The molecule has 0 aliphatic carbocycles. The lowest BCUT2D eigenvalue weighted by atomic mass is 10.5. The molecule has 0 radical (unpaired) electrons. The van der Waals surface area contributed by atoms with Crippen LogP contribution in [0.2, 0.25) is 0 Å². The van der Waals surface area contributed by atoms with E-state index in [2.05, 4.69) is 6.58 Å². The molecule has 10 heavy (non-hydrogen) atoms. The molecule has 0 N–H and O–H groups in total. The van der Waals surface area contributed by atoms with Crippen LogP contribution < -0.4 is 0 Å². The summed E-state index contributed by atoms with van der Waals surface area (Å²) in [4.78, 5) is 9.44. The van der Waals surface area contributed by atoms with Gasteiger partial charge in [-0.25, -0.2) is 13.2 Å². The highest BCUT2D eigenvalue weighted by molar-refractivity contribution is 5.76. The van der Waals surface area contributed by atoms with Crippen molar-refractivity contribution in [3.63, 3.8) is 0 Å². The molecule has 60 valence electrons. The van der Waals surface area contributed by atoms with E-state index in [1.165, 1.54) is 6.92 Å². The number of rotatable bonds is 2. The van der Waals surface area contributed by atoms with E-state index < -0.39 is 25.0 Å². The van der Waals surface area contributed by atoms with E-state index in [1.54, 1.807) is 0 Å². The smallest absolute Gasteiger partial charge is 0.160 e. The molecule has 0 fully saturated rings. The second-order valence-electron chi connectivity index (χ2n) is 1.49. The quantitative estimate of drug-likeness (QED) is 0.594. The third kappa shape index (κ3) is 27.0. The van der Waals surface area contributed by atoms with Crippen LogP contribution in [0.3, 0.4) is 0 Å². The SMILES string of the molecule is C=C(F)CF.CC(=O)CF. The van der Waals surface area contributed by atoms with Gasteiger partial charge in [-0.1, -0.05) is 6.58 Å². The highest BCUT2D eigenvalue weighted by atomic mass is 19.2. The van der Waals surface area contributed by atoms with Crippen LogP contribution in [-0.4, -0.2) is 19.1 Å². The van der Waals surface area contributed by atoms with Gasteiger partial charge in [-0.3, -0.25) is 4.79 Å². The number of halogens is 3. The Morgan fingerprint density at radius 2 is 1.60 bits per heavy atom. The normalized spacial score (nSPS) is 7.60. The molecule has 0 aliphatic heterocycles. The molecule has 0 spiro atoms. The van der Waals surface area contributed by atoms with E-state index in [0.717, 1.165) is 0 Å². The minimum atomic E-state index is -1.06. The second kappa shape index (κ2) is 8.20. The Bertz CT molecular complexity index is 97.6. The number of carbonyl (C=O) groups excluding carboxylic acids is 1. The predicted octanol–water partition coefficient (Wildman–Crippen LogP) is 1.98. The summed E-state index contributed by atoms with van der Waals surface area (Å²) < 4.78 is 32.3. The van der Waals surface area contributed by atoms with Crippen molar-refractivity contribution < 1.29 is 18.0 Å². The fourth-order valence-corrected chi connectivity index (χ4v) is 0. The van der Waals surface area contributed by atoms with Crippen LogP contribution in [0.5, 0.6) is 0 Å². The van der Waals surface area contributed by atoms with Gasteiger partial charge >= 0.3 is 0 Å². The molecule has 0 bridgehead atoms. The molecule has 0 heterocycles. The number of hydrogen-bond acceptors (Lipinski definition) is 1. The van der Waals surface area contributed by atoms with Crippen LogP contribution in [0.15, 0.2) is 12.4 Å². The van der Waals surface area contributed by atoms with E-state index in [9.17, 15) is 18.0 Å². The predicted molar refractivity (Wildman–Crippen MR) is 32.9 cm³/mol. The van der Waals surface area contributed by atoms with E-state index >= 15 is 0 Å². The van der Waals surface area contributed by atoms with Crippen LogP contribution in [0.1, 0.15) is 6.92 Å². The highest BCUT2D eigenvalue weighted by Gasteiger charge is 1.81. The summed E-state index contributed by atoms with van der Waals surface area (Å²) in [5.41, 5.74) is 0. The third-order valence-electron chi connectivity index (χ3n) is 0.333. The van der Waals surface area contributed by atoms with Crippen molar-refractivity contribution >= 4 is 5.78 Å². The van der Waals surface area contributed by atoms with Crippen molar-refractivity contribution in [2.75, 3.05) is 13.3 Å².